The van der Waals surface area contributed by atoms with Crippen molar-refractivity contribution in [2.24, 2.45) is 5.73 Å². The molecular formula is C15H15F2NS. The molecule has 19 heavy (non-hydrogen) atoms. The first-order chi connectivity index (χ1) is 9.10. The van der Waals surface area contributed by atoms with Crippen LogP contribution in [0.25, 0.3) is 0 Å². The van der Waals surface area contributed by atoms with Crippen LogP contribution in [0.2, 0.25) is 0 Å². The fourth-order valence-corrected chi connectivity index (χ4v) is 2.52. The van der Waals surface area contributed by atoms with Crippen molar-refractivity contribution in [2.45, 2.75) is 29.2 Å². The summed E-state index contributed by atoms with van der Waals surface area (Å²) in [5, 5.41) is 0. The summed E-state index contributed by atoms with van der Waals surface area (Å²) >= 11 is 1.27. The third kappa shape index (κ3) is 3.55. The van der Waals surface area contributed by atoms with Gasteiger partial charge in [-0.15, -0.1) is 0 Å². The van der Waals surface area contributed by atoms with E-state index in [9.17, 15) is 8.78 Å². The zero-order valence-electron chi connectivity index (χ0n) is 10.6. The van der Waals surface area contributed by atoms with Gasteiger partial charge >= 0.3 is 0 Å². The van der Waals surface area contributed by atoms with Crippen LogP contribution in [-0.2, 0) is 0 Å². The first-order valence-electron chi connectivity index (χ1n) is 6.08. The van der Waals surface area contributed by atoms with Crippen molar-refractivity contribution >= 4 is 11.8 Å². The van der Waals surface area contributed by atoms with Gasteiger partial charge in [-0.25, -0.2) is 8.78 Å². The average Bonchev–Trinajstić information content (AvgIpc) is 2.42. The second-order valence-corrected chi connectivity index (χ2v) is 5.38. The molecule has 4 heteroatoms. The van der Waals surface area contributed by atoms with Crippen molar-refractivity contribution in [1.29, 1.82) is 0 Å². The van der Waals surface area contributed by atoms with E-state index in [0.717, 1.165) is 22.9 Å². The molecular weight excluding hydrogens is 264 g/mol. The molecule has 100 valence electrons. The molecule has 1 unspecified atom stereocenters. The molecule has 1 atom stereocenters. The van der Waals surface area contributed by atoms with Gasteiger partial charge < -0.3 is 5.73 Å². The van der Waals surface area contributed by atoms with E-state index in [1.807, 2.05) is 31.2 Å². The van der Waals surface area contributed by atoms with Crippen LogP contribution in [0.1, 0.15) is 24.9 Å². The van der Waals surface area contributed by atoms with Gasteiger partial charge in [0.05, 0.1) is 0 Å². The van der Waals surface area contributed by atoms with Crippen LogP contribution in [0.15, 0.2) is 52.3 Å². The summed E-state index contributed by atoms with van der Waals surface area (Å²) in [6.07, 6.45) is 0.874. The first-order valence-corrected chi connectivity index (χ1v) is 6.90. The molecule has 2 rings (SSSR count). The topological polar surface area (TPSA) is 26.0 Å². The van der Waals surface area contributed by atoms with Gasteiger partial charge in [-0.3, -0.25) is 0 Å². The predicted octanol–water partition coefficient (Wildman–Crippen LogP) is 4.53. The fourth-order valence-electron chi connectivity index (χ4n) is 1.70. The Labute approximate surface area is 115 Å². The largest absolute Gasteiger partial charge is 0.324 e. The van der Waals surface area contributed by atoms with Crippen LogP contribution in [0.5, 0.6) is 0 Å². The molecule has 0 heterocycles. The molecule has 0 radical (unpaired) electrons. The Morgan fingerprint density at radius 2 is 1.79 bits per heavy atom. The Morgan fingerprint density at radius 3 is 2.37 bits per heavy atom. The second kappa shape index (κ2) is 6.17. The van der Waals surface area contributed by atoms with Gasteiger partial charge in [0.15, 0.2) is 0 Å². The third-order valence-electron chi connectivity index (χ3n) is 2.87. The van der Waals surface area contributed by atoms with E-state index in [0.29, 0.717) is 4.90 Å². The average molecular weight is 279 g/mol. The molecule has 2 aromatic rings. The van der Waals surface area contributed by atoms with Crippen molar-refractivity contribution < 1.29 is 8.78 Å². The van der Waals surface area contributed by atoms with Crippen LogP contribution < -0.4 is 5.73 Å². The minimum Gasteiger partial charge on any atom is -0.324 e. The standard InChI is InChI=1S/C15H15F2NS/c1-2-14(18)10-3-6-12(7-4-10)19-15-8-5-11(16)9-13(15)17/h3-9,14H,2,18H2,1H3. The molecule has 0 aliphatic rings. The van der Waals surface area contributed by atoms with Crippen LogP contribution in [0.3, 0.4) is 0 Å². The third-order valence-corrected chi connectivity index (χ3v) is 3.93. The zero-order valence-corrected chi connectivity index (χ0v) is 11.4. The molecule has 0 aromatic heterocycles. The Balaban J connectivity index is 2.15. The summed E-state index contributed by atoms with van der Waals surface area (Å²) in [5.41, 5.74) is 6.99. The minimum atomic E-state index is -0.564. The van der Waals surface area contributed by atoms with Gasteiger partial charge in [-0.05, 0) is 36.2 Å². The van der Waals surface area contributed by atoms with Gasteiger partial charge in [-0.1, -0.05) is 30.8 Å². The molecule has 0 fully saturated rings. The molecule has 0 amide bonds. The van der Waals surface area contributed by atoms with E-state index in [1.165, 1.54) is 23.9 Å². The number of hydrogen-bond acceptors (Lipinski definition) is 2. The Morgan fingerprint density at radius 1 is 1.11 bits per heavy atom. The first kappa shape index (κ1) is 14.0. The highest BCUT2D eigenvalue weighted by Gasteiger charge is 2.07. The van der Waals surface area contributed by atoms with Crippen molar-refractivity contribution in [1.82, 2.24) is 0 Å². The number of nitrogens with two attached hydrogens (primary N) is 1. The van der Waals surface area contributed by atoms with Crippen molar-refractivity contribution in [3.05, 3.63) is 59.7 Å². The number of benzene rings is 2. The van der Waals surface area contributed by atoms with E-state index < -0.39 is 11.6 Å². The Kier molecular flexibility index (Phi) is 4.56. The van der Waals surface area contributed by atoms with Gasteiger partial charge in [0.1, 0.15) is 11.6 Å². The van der Waals surface area contributed by atoms with Crippen LogP contribution >= 0.6 is 11.8 Å². The summed E-state index contributed by atoms with van der Waals surface area (Å²) in [5.74, 6) is -1.11. The van der Waals surface area contributed by atoms with Gasteiger partial charge in [0.25, 0.3) is 0 Å². The lowest BCUT2D eigenvalue weighted by Crippen LogP contribution is -2.07. The molecule has 0 saturated heterocycles. The monoisotopic (exact) mass is 279 g/mol. The molecule has 0 saturated carbocycles. The SMILES string of the molecule is CCC(N)c1ccc(Sc2ccc(F)cc2F)cc1. The minimum absolute atomic E-state index is 0.0293. The molecule has 0 spiro atoms. The number of rotatable bonds is 4. The van der Waals surface area contributed by atoms with Gasteiger partial charge in [-0.2, -0.15) is 0 Å². The lowest BCUT2D eigenvalue weighted by atomic mass is 10.1. The van der Waals surface area contributed by atoms with Crippen molar-refractivity contribution in [3.8, 4) is 0 Å². The highest BCUT2D eigenvalue weighted by molar-refractivity contribution is 7.99. The van der Waals surface area contributed by atoms with Crippen LogP contribution in [0, 0.1) is 11.6 Å². The predicted molar refractivity (Wildman–Crippen MR) is 74.1 cm³/mol. The fraction of sp³-hybridized carbons (Fsp3) is 0.200. The normalized spacial score (nSPS) is 12.4. The maximum absolute atomic E-state index is 13.5. The molecule has 0 aliphatic heterocycles. The summed E-state index contributed by atoms with van der Waals surface area (Å²) in [4.78, 5) is 1.31. The lowest BCUT2D eigenvalue weighted by molar-refractivity contribution is 0.565. The molecule has 0 aliphatic carbocycles. The molecule has 1 nitrogen and oxygen atoms in total. The molecule has 2 aromatic carbocycles. The van der Waals surface area contributed by atoms with Gasteiger partial charge in [0, 0.05) is 21.9 Å². The van der Waals surface area contributed by atoms with Gasteiger partial charge in [0.2, 0.25) is 0 Å². The van der Waals surface area contributed by atoms with E-state index in [4.69, 9.17) is 5.73 Å². The highest BCUT2D eigenvalue weighted by Crippen LogP contribution is 2.30. The smallest absolute Gasteiger partial charge is 0.140 e. The zero-order chi connectivity index (χ0) is 13.8. The quantitative estimate of drug-likeness (QED) is 0.890. The summed E-state index contributed by atoms with van der Waals surface area (Å²) in [6.45, 7) is 2.03. The Hall–Kier alpha value is -1.39. The van der Waals surface area contributed by atoms with Crippen molar-refractivity contribution in [3.63, 3.8) is 0 Å². The van der Waals surface area contributed by atoms with E-state index in [1.54, 1.807) is 0 Å². The number of hydrogen-bond donors (Lipinski definition) is 1. The maximum Gasteiger partial charge on any atom is 0.140 e. The van der Waals surface area contributed by atoms with E-state index in [2.05, 4.69) is 0 Å². The second-order valence-electron chi connectivity index (χ2n) is 4.26. The Bertz CT molecular complexity index is 555. The van der Waals surface area contributed by atoms with Crippen LogP contribution in [-0.4, -0.2) is 0 Å². The van der Waals surface area contributed by atoms with E-state index >= 15 is 0 Å². The van der Waals surface area contributed by atoms with Crippen LogP contribution in [0.4, 0.5) is 8.78 Å². The maximum atomic E-state index is 13.5. The summed E-state index contributed by atoms with van der Waals surface area (Å²) in [7, 11) is 0. The van der Waals surface area contributed by atoms with Crippen molar-refractivity contribution in [2.75, 3.05) is 0 Å². The summed E-state index contributed by atoms with van der Waals surface area (Å²) in [6, 6.07) is 11.3. The number of halogens is 2. The highest BCUT2D eigenvalue weighted by atomic mass is 32.2. The lowest BCUT2D eigenvalue weighted by Gasteiger charge is -2.10. The van der Waals surface area contributed by atoms with E-state index in [-0.39, 0.29) is 6.04 Å². The summed E-state index contributed by atoms with van der Waals surface area (Å²) < 4.78 is 26.3. The molecule has 2 N–H and O–H groups in total. The molecule has 0 bridgehead atoms.